The van der Waals surface area contributed by atoms with Crippen LogP contribution in [-0.2, 0) is 0 Å². The summed E-state index contributed by atoms with van der Waals surface area (Å²) in [5.74, 6) is 2.51. The zero-order chi connectivity index (χ0) is 16.4. The first-order valence-corrected chi connectivity index (χ1v) is 7.44. The Morgan fingerprint density at radius 1 is 0.913 bits per heavy atom. The molecule has 5 nitrogen and oxygen atoms in total. The molecule has 0 fully saturated rings. The van der Waals surface area contributed by atoms with Crippen molar-refractivity contribution in [3.63, 3.8) is 0 Å². The Bertz CT molecular complexity index is 789. The van der Waals surface area contributed by atoms with Crippen molar-refractivity contribution < 1.29 is 4.74 Å². The molecule has 1 aromatic heterocycles. The molecule has 118 valence electrons. The molecule has 3 rings (SSSR count). The number of ether oxygens (including phenoxy) is 1. The molecule has 3 aromatic rings. The number of anilines is 1. The molecule has 0 aliphatic rings. The number of methoxy groups -OCH3 is 1. The van der Waals surface area contributed by atoms with Crippen LogP contribution >= 0.6 is 0 Å². The van der Waals surface area contributed by atoms with E-state index in [0.717, 1.165) is 34.3 Å². The van der Waals surface area contributed by atoms with E-state index in [1.807, 2.05) is 49.9 Å². The van der Waals surface area contributed by atoms with E-state index >= 15 is 0 Å². The molecule has 0 radical (unpaired) electrons. The topological polar surface area (TPSA) is 43.2 Å². The predicted molar refractivity (Wildman–Crippen MR) is 92.4 cm³/mol. The van der Waals surface area contributed by atoms with Gasteiger partial charge in [-0.25, -0.2) is 0 Å². The quantitative estimate of drug-likeness (QED) is 0.741. The molecule has 0 saturated carbocycles. The molecule has 23 heavy (non-hydrogen) atoms. The summed E-state index contributed by atoms with van der Waals surface area (Å²) in [5, 5.41) is 8.59. The molecule has 0 saturated heterocycles. The zero-order valence-electron chi connectivity index (χ0n) is 13.8. The summed E-state index contributed by atoms with van der Waals surface area (Å²) in [6.07, 6.45) is 0. The van der Waals surface area contributed by atoms with E-state index in [-0.39, 0.29) is 0 Å². The van der Waals surface area contributed by atoms with E-state index in [0.29, 0.717) is 0 Å². The summed E-state index contributed by atoms with van der Waals surface area (Å²) in [6, 6.07) is 16.2. The molecular formula is C18H20N4O. The first-order chi connectivity index (χ1) is 11.1. The second-order valence-electron chi connectivity index (χ2n) is 5.55. The van der Waals surface area contributed by atoms with Crippen LogP contribution in [0.15, 0.2) is 48.5 Å². The van der Waals surface area contributed by atoms with Crippen molar-refractivity contribution in [3.8, 4) is 22.8 Å². The molecule has 0 amide bonds. The van der Waals surface area contributed by atoms with Gasteiger partial charge >= 0.3 is 0 Å². The molecule has 0 unspecified atom stereocenters. The lowest BCUT2D eigenvalue weighted by Gasteiger charge is -2.13. The van der Waals surface area contributed by atoms with Crippen LogP contribution in [0.25, 0.3) is 17.1 Å². The highest BCUT2D eigenvalue weighted by atomic mass is 16.5. The molecule has 0 aliphatic carbocycles. The third-order valence-corrected chi connectivity index (χ3v) is 3.80. The lowest BCUT2D eigenvalue weighted by Crippen LogP contribution is -2.08. The SMILES string of the molecule is COc1ccc(-n2c(C)nnc2-c2ccc(N(C)C)cc2)cc1. The van der Waals surface area contributed by atoms with Crippen LogP contribution in [0, 0.1) is 6.92 Å². The van der Waals surface area contributed by atoms with Crippen LogP contribution in [0.3, 0.4) is 0 Å². The van der Waals surface area contributed by atoms with Gasteiger partial charge in [-0.2, -0.15) is 0 Å². The van der Waals surface area contributed by atoms with Crippen LogP contribution in [0.4, 0.5) is 5.69 Å². The number of benzene rings is 2. The lowest BCUT2D eigenvalue weighted by atomic mass is 10.2. The van der Waals surface area contributed by atoms with E-state index in [1.54, 1.807) is 7.11 Å². The lowest BCUT2D eigenvalue weighted by molar-refractivity contribution is 0.414. The maximum absolute atomic E-state index is 5.22. The van der Waals surface area contributed by atoms with E-state index in [1.165, 1.54) is 0 Å². The van der Waals surface area contributed by atoms with Crippen molar-refractivity contribution in [1.29, 1.82) is 0 Å². The van der Waals surface area contributed by atoms with Gasteiger partial charge in [-0.1, -0.05) is 0 Å². The van der Waals surface area contributed by atoms with Gasteiger partial charge < -0.3 is 9.64 Å². The minimum atomic E-state index is 0.830. The van der Waals surface area contributed by atoms with Gasteiger partial charge in [0.2, 0.25) is 0 Å². The normalized spacial score (nSPS) is 10.6. The van der Waals surface area contributed by atoms with Crippen molar-refractivity contribution in [2.45, 2.75) is 6.92 Å². The number of aryl methyl sites for hydroxylation is 1. The summed E-state index contributed by atoms with van der Waals surface area (Å²) < 4.78 is 7.27. The fourth-order valence-electron chi connectivity index (χ4n) is 2.50. The van der Waals surface area contributed by atoms with Crippen molar-refractivity contribution in [2.75, 3.05) is 26.1 Å². The van der Waals surface area contributed by atoms with E-state index in [2.05, 4.69) is 39.4 Å². The Morgan fingerprint density at radius 3 is 2.13 bits per heavy atom. The Labute approximate surface area is 136 Å². The van der Waals surface area contributed by atoms with Crippen LogP contribution in [0.5, 0.6) is 5.75 Å². The second kappa shape index (κ2) is 6.12. The molecule has 5 heteroatoms. The van der Waals surface area contributed by atoms with Gasteiger partial charge in [-0.05, 0) is 55.5 Å². The van der Waals surface area contributed by atoms with Crippen LogP contribution in [-0.4, -0.2) is 36.0 Å². The first kappa shape index (κ1) is 15.1. The maximum atomic E-state index is 5.22. The molecule has 2 aromatic carbocycles. The van der Waals surface area contributed by atoms with Crippen LogP contribution in [0.1, 0.15) is 5.82 Å². The average Bonchev–Trinajstić information content (AvgIpc) is 2.96. The minimum Gasteiger partial charge on any atom is -0.497 e. The average molecular weight is 308 g/mol. The highest BCUT2D eigenvalue weighted by Gasteiger charge is 2.13. The summed E-state index contributed by atoms with van der Waals surface area (Å²) in [6.45, 7) is 1.95. The standard InChI is InChI=1S/C18H20N4O/c1-13-19-20-18(14-5-7-15(8-6-14)21(2)3)22(13)16-9-11-17(23-4)12-10-16/h5-12H,1-4H3. The van der Waals surface area contributed by atoms with Gasteiger partial charge in [0.05, 0.1) is 7.11 Å². The van der Waals surface area contributed by atoms with E-state index in [4.69, 9.17) is 4.74 Å². The van der Waals surface area contributed by atoms with Gasteiger partial charge in [-0.15, -0.1) is 10.2 Å². The number of aromatic nitrogens is 3. The predicted octanol–water partition coefficient (Wildman–Crippen LogP) is 3.32. The molecule has 0 aliphatic heterocycles. The molecule has 0 N–H and O–H groups in total. The van der Waals surface area contributed by atoms with Gasteiger partial charge in [0, 0.05) is 31.0 Å². The third kappa shape index (κ3) is 2.90. The monoisotopic (exact) mass is 308 g/mol. The van der Waals surface area contributed by atoms with Gasteiger partial charge in [0.1, 0.15) is 11.6 Å². The smallest absolute Gasteiger partial charge is 0.168 e. The molecule has 1 heterocycles. The minimum absolute atomic E-state index is 0.830. The summed E-state index contributed by atoms with van der Waals surface area (Å²) >= 11 is 0. The molecule has 0 bridgehead atoms. The summed E-state index contributed by atoms with van der Waals surface area (Å²) in [4.78, 5) is 2.07. The highest BCUT2D eigenvalue weighted by Crippen LogP contribution is 2.25. The van der Waals surface area contributed by atoms with Gasteiger partial charge in [0.25, 0.3) is 0 Å². The fraction of sp³-hybridized carbons (Fsp3) is 0.222. The van der Waals surface area contributed by atoms with Crippen LogP contribution < -0.4 is 9.64 Å². The molecule has 0 atom stereocenters. The number of nitrogens with zero attached hydrogens (tertiary/aromatic N) is 4. The highest BCUT2D eigenvalue weighted by molar-refractivity contribution is 5.62. The molecule has 0 spiro atoms. The zero-order valence-corrected chi connectivity index (χ0v) is 13.8. The van der Waals surface area contributed by atoms with Crippen molar-refractivity contribution >= 4 is 5.69 Å². The van der Waals surface area contributed by atoms with E-state index in [9.17, 15) is 0 Å². The second-order valence-corrected chi connectivity index (χ2v) is 5.55. The summed E-state index contributed by atoms with van der Waals surface area (Å²) in [5.41, 5.74) is 3.20. The number of hydrogen-bond acceptors (Lipinski definition) is 4. The Hall–Kier alpha value is -2.82. The van der Waals surface area contributed by atoms with Crippen LogP contribution in [0.2, 0.25) is 0 Å². The van der Waals surface area contributed by atoms with Gasteiger partial charge in [0.15, 0.2) is 5.82 Å². The number of rotatable bonds is 4. The van der Waals surface area contributed by atoms with E-state index < -0.39 is 0 Å². The van der Waals surface area contributed by atoms with Crippen molar-refractivity contribution in [1.82, 2.24) is 14.8 Å². The van der Waals surface area contributed by atoms with Gasteiger partial charge in [-0.3, -0.25) is 4.57 Å². The first-order valence-electron chi connectivity index (χ1n) is 7.44. The number of hydrogen-bond donors (Lipinski definition) is 0. The Balaban J connectivity index is 2.04. The Kier molecular flexibility index (Phi) is 4.02. The summed E-state index contributed by atoms with van der Waals surface area (Å²) in [7, 11) is 5.72. The fourth-order valence-corrected chi connectivity index (χ4v) is 2.50. The molecular weight excluding hydrogens is 288 g/mol. The van der Waals surface area contributed by atoms with Crippen molar-refractivity contribution in [2.24, 2.45) is 0 Å². The van der Waals surface area contributed by atoms with Crippen molar-refractivity contribution in [3.05, 3.63) is 54.4 Å². The Morgan fingerprint density at radius 2 is 1.57 bits per heavy atom. The largest absolute Gasteiger partial charge is 0.497 e. The third-order valence-electron chi connectivity index (χ3n) is 3.80. The maximum Gasteiger partial charge on any atom is 0.168 e.